The molecule has 1 radical (unpaired) electrons. The Morgan fingerprint density at radius 3 is 2.81 bits per heavy atom. The van der Waals surface area contributed by atoms with Gasteiger partial charge in [0.15, 0.2) is 12.4 Å². The van der Waals surface area contributed by atoms with Crippen LogP contribution < -0.4 is 11.2 Å². The van der Waals surface area contributed by atoms with Crippen LogP contribution in [-0.4, -0.2) is 48.8 Å². The number of rotatable bonds is 5. The Morgan fingerprint density at radius 2 is 2.19 bits per heavy atom. The van der Waals surface area contributed by atoms with Crippen molar-refractivity contribution in [1.82, 2.24) is 9.55 Å². The molecule has 3 rings (SSSR count). The van der Waals surface area contributed by atoms with Crippen molar-refractivity contribution in [3.63, 3.8) is 0 Å². The molecule has 0 amide bonds. The van der Waals surface area contributed by atoms with E-state index in [2.05, 4.69) is 22.1 Å². The van der Waals surface area contributed by atoms with Crippen molar-refractivity contribution in [2.75, 3.05) is 20.8 Å². The molecule has 1 aromatic carbocycles. The molecule has 137 valence electrons. The van der Waals surface area contributed by atoms with Crippen LogP contribution in [0.25, 0.3) is 0 Å². The number of nitrogens with zero attached hydrogens (tertiary/aromatic N) is 2. The van der Waals surface area contributed by atoms with Crippen molar-refractivity contribution in [1.29, 1.82) is 0 Å². The summed E-state index contributed by atoms with van der Waals surface area (Å²) >= 11 is 0. The molecule has 4 atom stereocenters. The van der Waals surface area contributed by atoms with Gasteiger partial charge in [0, 0.05) is 46.9 Å². The average Bonchev–Trinajstić information content (AvgIpc) is 2.92. The molecular weight excluding hydrogens is 418 g/mol. The molecule has 0 saturated carbocycles. The number of nitrogens with one attached hydrogen (secondary N) is 1. The molecule has 0 spiro atoms. The molecule has 1 fully saturated rings. The first-order valence-electron chi connectivity index (χ1n) is 7.70. The van der Waals surface area contributed by atoms with Crippen LogP contribution in [0, 0.1) is 12.1 Å². The van der Waals surface area contributed by atoms with Crippen molar-refractivity contribution in [3.8, 4) is 0 Å². The van der Waals surface area contributed by atoms with Gasteiger partial charge in [-0.05, 0) is 5.49 Å². The fourth-order valence-corrected chi connectivity index (χ4v) is 2.71. The number of hydrogen-bond donors (Lipinski definition) is 1. The van der Waals surface area contributed by atoms with Crippen molar-refractivity contribution >= 4 is 5.69 Å². The Balaban J connectivity index is 0.00000243. The van der Waals surface area contributed by atoms with Crippen LogP contribution in [0.3, 0.4) is 0 Å². The summed E-state index contributed by atoms with van der Waals surface area (Å²) in [6.45, 7) is 0.162. The quantitative estimate of drug-likeness (QED) is 0.707. The van der Waals surface area contributed by atoms with Crippen LogP contribution in [0.1, 0.15) is 6.23 Å². The van der Waals surface area contributed by atoms with E-state index < -0.39 is 30.3 Å². The van der Waals surface area contributed by atoms with Gasteiger partial charge in [0.1, 0.15) is 12.2 Å². The fourth-order valence-electron chi connectivity index (χ4n) is 2.71. The largest absolute Gasteiger partial charge is 0.410 e. The van der Waals surface area contributed by atoms with Gasteiger partial charge in [-0.15, -0.1) is 6.07 Å². The monoisotopic (exact) mass is 436 g/mol. The van der Waals surface area contributed by atoms with Crippen LogP contribution >= 0.6 is 0 Å². The molecule has 7 nitrogen and oxygen atoms in total. The minimum atomic E-state index is -1.52. The van der Waals surface area contributed by atoms with Gasteiger partial charge in [-0.1, -0.05) is 5.69 Å². The maximum absolute atomic E-state index is 14.6. The topological polar surface area (TPSA) is 77.8 Å². The third-order valence-electron chi connectivity index (χ3n) is 3.87. The minimum Gasteiger partial charge on any atom is -0.410 e. The molecule has 2 aromatic rings. The van der Waals surface area contributed by atoms with E-state index in [4.69, 9.17) is 14.2 Å². The molecule has 1 aliphatic heterocycles. The number of para-hydroxylation sites is 1. The van der Waals surface area contributed by atoms with Gasteiger partial charge < -0.3 is 29.8 Å². The second-order valence-corrected chi connectivity index (χ2v) is 5.48. The molecule has 1 unspecified atom stereocenters. The summed E-state index contributed by atoms with van der Waals surface area (Å²) in [6.07, 6.45) is -2.75. The van der Waals surface area contributed by atoms with Crippen molar-refractivity contribution in [2.45, 2.75) is 24.6 Å². The number of halogens is 1. The van der Waals surface area contributed by atoms with E-state index in [1.165, 1.54) is 20.4 Å². The number of methoxy groups -OCH3 is 2. The van der Waals surface area contributed by atoms with Crippen LogP contribution in [0.5, 0.6) is 0 Å². The fraction of sp³-hybridized carbons (Fsp3) is 0.412. The van der Waals surface area contributed by atoms with Gasteiger partial charge in [-0.3, -0.25) is 4.99 Å². The molecule has 2 heterocycles. The third kappa shape index (κ3) is 4.56. The van der Waals surface area contributed by atoms with E-state index in [0.29, 0.717) is 5.69 Å². The summed E-state index contributed by atoms with van der Waals surface area (Å²) < 4.78 is 31.5. The van der Waals surface area contributed by atoms with E-state index in [0.717, 1.165) is 4.57 Å². The Hall–Kier alpha value is -1.19. The molecule has 1 N–H and O–H groups in total. The van der Waals surface area contributed by atoms with Crippen molar-refractivity contribution < 1.29 is 51.3 Å². The van der Waals surface area contributed by atoms with E-state index in [-0.39, 0.29) is 44.8 Å². The first-order chi connectivity index (χ1) is 12.1. The van der Waals surface area contributed by atoms with Crippen LogP contribution in [-0.2, 0) is 46.9 Å². The number of H-pyrrole nitrogens is 1. The van der Waals surface area contributed by atoms with Gasteiger partial charge in [0.2, 0.25) is 0 Å². The molecular formula is C17H18FN3O4Y-2. The Bertz CT molecular complexity index is 827. The number of aromatic amines is 1. The van der Waals surface area contributed by atoms with Gasteiger partial charge >= 0.3 is 5.69 Å². The third-order valence-corrected chi connectivity index (χ3v) is 3.87. The zero-order chi connectivity index (χ0) is 17.8. The molecule has 1 saturated heterocycles. The van der Waals surface area contributed by atoms with Gasteiger partial charge in [-0.25, -0.2) is 9.18 Å². The number of aromatic nitrogens is 2. The summed E-state index contributed by atoms with van der Waals surface area (Å²) in [5.41, 5.74) is 0.204. The van der Waals surface area contributed by atoms with E-state index >= 15 is 0 Å². The molecule has 1 aliphatic rings. The SMILES string of the molecule is COC[C@H]1O[C@@H](n2c[c-]c(=Nc3[c-]cccc3)[nH]c2=O)[C@@H](F)C1OC.[Y]. The maximum Gasteiger partial charge on any atom is 0.324 e. The van der Waals surface area contributed by atoms with Gasteiger partial charge in [0.25, 0.3) is 0 Å². The summed E-state index contributed by atoms with van der Waals surface area (Å²) in [4.78, 5) is 19.1. The summed E-state index contributed by atoms with van der Waals surface area (Å²) in [5.74, 6) is 0. The molecule has 9 heteroatoms. The number of benzene rings is 1. The second kappa shape index (κ2) is 9.66. The van der Waals surface area contributed by atoms with E-state index in [1.54, 1.807) is 18.2 Å². The molecule has 26 heavy (non-hydrogen) atoms. The summed E-state index contributed by atoms with van der Waals surface area (Å²) in [6, 6.07) is 12.8. The van der Waals surface area contributed by atoms with Crippen LogP contribution in [0.15, 0.2) is 40.2 Å². The van der Waals surface area contributed by atoms with Crippen LogP contribution in [0.4, 0.5) is 10.1 Å². The summed E-state index contributed by atoms with van der Waals surface area (Å²) in [7, 11) is 2.88. The predicted molar refractivity (Wildman–Crippen MR) is 85.9 cm³/mol. The Labute approximate surface area is 175 Å². The zero-order valence-electron chi connectivity index (χ0n) is 14.4. The number of alkyl halides is 1. The maximum atomic E-state index is 14.6. The van der Waals surface area contributed by atoms with Crippen LogP contribution in [0.2, 0.25) is 0 Å². The Kier molecular flexibility index (Phi) is 7.85. The Morgan fingerprint density at radius 1 is 1.38 bits per heavy atom. The first kappa shape index (κ1) is 21.1. The average molecular weight is 436 g/mol. The minimum absolute atomic E-state index is 0. The first-order valence-corrected chi connectivity index (χ1v) is 7.70. The van der Waals surface area contributed by atoms with Crippen molar-refractivity contribution in [3.05, 3.63) is 58.6 Å². The zero-order valence-corrected chi connectivity index (χ0v) is 17.2. The molecule has 0 bridgehead atoms. The number of hydrogen-bond acceptors (Lipinski definition) is 5. The second-order valence-electron chi connectivity index (χ2n) is 5.48. The van der Waals surface area contributed by atoms with E-state index in [9.17, 15) is 9.18 Å². The standard InChI is InChI=1S/C17H18FN3O4.Y/c1-23-10-12-15(24-2)14(18)16(25-12)21-9-8-13(20-17(21)22)19-11-6-4-3-5-7-11;/h3-6,9,12,14-16H,10H2,1-2H3,(H,19,20,22);/q-2;/t12-,14+,15?,16-;/m1./s1. The molecule has 0 aliphatic carbocycles. The van der Waals surface area contributed by atoms with Crippen molar-refractivity contribution in [2.24, 2.45) is 4.99 Å². The predicted octanol–water partition coefficient (Wildman–Crippen LogP) is 0.904. The number of ether oxygens (including phenoxy) is 3. The summed E-state index contributed by atoms with van der Waals surface area (Å²) in [5, 5.41) is 0. The van der Waals surface area contributed by atoms with Gasteiger partial charge in [-0.2, -0.15) is 30.5 Å². The van der Waals surface area contributed by atoms with Gasteiger partial charge in [0.05, 0.1) is 6.61 Å². The molecule has 1 aromatic heterocycles. The normalized spacial score (nSPS) is 25.9. The van der Waals surface area contributed by atoms with E-state index in [1.807, 2.05) is 6.07 Å². The smallest absolute Gasteiger partial charge is 0.324 e.